The van der Waals surface area contributed by atoms with Crippen molar-refractivity contribution in [3.63, 3.8) is 0 Å². The van der Waals surface area contributed by atoms with E-state index in [1.165, 1.54) is 0 Å². The van der Waals surface area contributed by atoms with Gasteiger partial charge in [0.15, 0.2) is 0 Å². The molecule has 1 aromatic carbocycles. The molecule has 2 rings (SSSR count). The predicted molar refractivity (Wildman–Crippen MR) is 80.5 cm³/mol. The normalized spacial score (nSPS) is 11.7. The summed E-state index contributed by atoms with van der Waals surface area (Å²) in [6, 6.07) is 8.44. The molecule has 0 aliphatic rings. The summed E-state index contributed by atoms with van der Waals surface area (Å²) in [6.45, 7) is 0. The number of hydrogen-bond donors (Lipinski definition) is 2. The van der Waals surface area contributed by atoms with Gasteiger partial charge < -0.3 is 15.8 Å². The van der Waals surface area contributed by atoms with Gasteiger partial charge in [0.2, 0.25) is 5.91 Å². The number of anilines is 1. The summed E-state index contributed by atoms with van der Waals surface area (Å²) in [5.41, 5.74) is 6.84. The summed E-state index contributed by atoms with van der Waals surface area (Å²) in [6.07, 6.45) is 3.24. The Balaban J connectivity index is 2.33. The number of ether oxygens (including phenoxy) is 1. The second-order valence-electron chi connectivity index (χ2n) is 4.12. The van der Waals surface area contributed by atoms with E-state index in [0.29, 0.717) is 17.0 Å². The number of nitrogens with two attached hydrogens (primary N) is 1. The molecule has 0 bridgehead atoms. The number of halogens is 1. The van der Waals surface area contributed by atoms with Gasteiger partial charge in [-0.05, 0) is 34.1 Å². The summed E-state index contributed by atoms with van der Waals surface area (Å²) in [4.78, 5) is 15.7. The van der Waals surface area contributed by atoms with Gasteiger partial charge in [0.25, 0.3) is 0 Å². The van der Waals surface area contributed by atoms with Crippen molar-refractivity contribution in [3.05, 3.63) is 52.8 Å². The molecule has 2 aromatic rings. The third kappa shape index (κ3) is 3.27. The van der Waals surface area contributed by atoms with Crippen LogP contribution in [0.15, 0.2) is 47.2 Å². The fraction of sp³-hybridized carbons (Fsp3) is 0.143. The van der Waals surface area contributed by atoms with Gasteiger partial charge in [-0.2, -0.15) is 0 Å². The molecular formula is C14H14BrN3O2. The van der Waals surface area contributed by atoms with E-state index >= 15 is 0 Å². The number of nitrogens with one attached hydrogen (secondary N) is 1. The monoisotopic (exact) mass is 335 g/mol. The van der Waals surface area contributed by atoms with Crippen molar-refractivity contribution in [3.8, 4) is 5.75 Å². The summed E-state index contributed by atoms with van der Waals surface area (Å²) in [7, 11) is 1.57. The molecule has 0 spiro atoms. The number of benzene rings is 1. The number of rotatable bonds is 5. The van der Waals surface area contributed by atoms with E-state index in [2.05, 4.69) is 26.2 Å². The second kappa shape index (κ2) is 6.38. The Bertz CT molecular complexity index is 619. The minimum atomic E-state index is -0.684. The van der Waals surface area contributed by atoms with Crippen molar-refractivity contribution in [2.75, 3.05) is 12.4 Å². The molecule has 0 saturated heterocycles. The number of nitrogens with zero attached hydrogens (tertiary/aromatic N) is 1. The van der Waals surface area contributed by atoms with Gasteiger partial charge in [0.05, 0.1) is 12.8 Å². The van der Waals surface area contributed by atoms with E-state index in [4.69, 9.17) is 10.5 Å². The van der Waals surface area contributed by atoms with Gasteiger partial charge in [-0.15, -0.1) is 0 Å². The summed E-state index contributed by atoms with van der Waals surface area (Å²) in [5.74, 6) is 0.150. The molecule has 3 N–H and O–H groups in total. The number of pyridine rings is 1. The molecule has 104 valence electrons. The van der Waals surface area contributed by atoms with Crippen LogP contribution < -0.4 is 15.8 Å². The minimum Gasteiger partial charge on any atom is -0.495 e. The van der Waals surface area contributed by atoms with Crippen molar-refractivity contribution >= 4 is 27.5 Å². The standard InChI is InChI=1S/C14H14BrN3O2/c1-20-12-5-3-2-4-11(12)18-13(14(16)19)9-6-10(15)8-17-7-9/h2-8,13,18H,1H3,(H2,16,19). The van der Waals surface area contributed by atoms with Crippen molar-refractivity contribution < 1.29 is 9.53 Å². The first-order valence-corrected chi connectivity index (χ1v) is 6.70. The Morgan fingerprint density at radius 1 is 1.40 bits per heavy atom. The van der Waals surface area contributed by atoms with Crippen molar-refractivity contribution in [2.45, 2.75) is 6.04 Å². The summed E-state index contributed by atoms with van der Waals surface area (Å²) < 4.78 is 6.03. The molecule has 0 saturated carbocycles. The Labute approximate surface area is 125 Å². The molecule has 0 radical (unpaired) electrons. The van der Waals surface area contributed by atoms with E-state index in [1.807, 2.05) is 18.2 Å². The smallest absolute Gasteiger partial charge is 0.244 e. The highest BCUT2D eigenvalue weighted by Crippen LogP contribution is 2.28. The quantitative estimate of drug-likeness (QED) is 0.879. The number of para-hydroxylation sites is 2. The number of carbonyl (C=O) groups excluding carboxylic acids is 1. The SMILES string of the molecule is COc1ccccc1NC(C(N)=O)c1cncc(Br)c1. The minimum absolute atomic E-state index is 0.490. The Hall–Kier alpha value is -2.08. The fourth-order valence-electron chi connectivity index (χ4n) is 1.82. The fourth-order valence-corrected chi connectivity index (χ4v) is 2.21. The number of carbonyl (C=O) groups is 1. The highest BCUT2D eigenvalue weighted by atomic mass is 79.9. The van der Waals surface area contributed by atoms with Crippen LogP contribution in [-0.2, 0) is 4.79 Å². The molecule has 1 atom stereocenters. The lowest BCUT2D eigenvalue weighted by atomic mass is 10.1. The van der Waals surface area contributed by atoms with Gasteiger partial charge in [0.1, 0.15) is 11.8 Å². The van der Waals surface area contributed by atoms with E-state index in [0.717, 1.165) is 4.47 Å². The van der Waals surface area contributed by atoms with Crippen LogP contribution in [0, 0.1) is 0 Å². The zero-order valence-electron chi connectivity index (χ0n) is 10.8. The molecule has 5 nitrogen and oxygen atoms in total. The highest BCUT2D eigenvalue weighted by molar-refractivity contribution is 9.10. The van der Waals surface area contributed by atoms with Gasteiger partial charge in [-0.3, -0.25) is 9.78 Å². The maximum atomic E-state index is 11.7. The largest absolute Gasteiger partial charge is 0.495 e. The number of primary amides is 1. The summed E-state index contributed by atoms with van der Waals surface area (Å²) >= 11 is 3.33. The zero-order valence-corrected chi connectivity index (χ0v) is 12.4. The average Bonchev–Trinajstić information content (AvgIpc) is 2.44. The van der Waals surface area contributed by atoms with E-state index < -0.39 is 11.9 Å². The van der Waals surface area contributed by atoms with E-state index in [-0.39, 0.29) is 0 Å². The van der Waals surface area contributed by atoms with Crippen LogP contribution >= 0.6 is 15.9 Å². The molecule has 6 heteroatoms. The maximum absolute atomic E-state index is 11.7. The van der Waals surface area contributed by atoms with E-state index in [1.54, 1.807) is 31.6 Å². The van der Waals surface area contributed by atoms with E-state index in [9.17, 15) is 4.79 Å². The Morgan fingerprint density at radius 2 is 2.15 bits per heavy atom. The molecule has 1 heterocycles. The van der Waals surface area contributed by atoms with Gasteiger partial charge in [-0.1, -0.05) is 12.1 Å². The molecular weight excluding hydrogens is 322 g/mol. The van der Waals surface area contributed by atoms with Crippen molar-refractivity contribution in [1.82, 2.24) is 4.98 Å². The molecule has 0 aliphatic heterocycles. The average molecular weight is 336 g/mol. The van der Waals surface area contributed by atoms with Crippen LogP contribution in [0.5, 0.6) is 5.75 Å². The first-order chi connectivity index (χ1) is 9.61. The lowest BCUT2D eigenvalue weighted by molar-refractivity contribution is -0.118. The topological polar surface area (TPSA) is 77.2 Å². The van der Waals surface area contributed by atoms with Gasteiger partial charge in [-0.25, -0.2) is 0 Å². The molecule has 1 amide bonds. The lowest BCUT2D eigenvalue weighted by Crippen LogP contribution is -2.28. The van der Waals surface area contributed by atoms with Crippen LogP contribution in [0.25, 0.3) is 0 Å². The third-order valence-corrected chi connectivity index (χ3v) is 3.18. The van der Waals surface area contributed by atoms with Crippen molar-refractivity contribution in [2.24, 2.45) is 5.73 Å². The summed E-state index contributed by atoms with van der Waals surface area (Å²) in [5, 5.41) is 3.08. The van der Waals surface area contributed by atoms with Crippen LogP contribution in [0.1, 0.15) is 11.6 Å². The van der Waals surface area contributed by atoms with Crippen LogP contribution in [-0.4, -0.2) is 18.0 Å². The van der Waals surface area contributed by atoms with Crippen LogP contribution in [0.3, 0.4) is 0 Å². The van der Waals surface area contributed by atoms with Crippen LogP contribution in [0.2, 0.25) is 0 Å². The number of amides is 1. The van der Waals surface area contributed by atoms with Gasteiger partial charge >= 0.3 is 0 Å². The Morgan fingerprint density at radius 3 is 2.80 bits per heavy atom. The first kappa shape index (κ1) is 14.3. The van der Waals surface area contributed by atoms with Crippen molar-refractivity contribution in [1.29, 1.82) is 0 Å². The van der Waals surface area contributed by atoms with Crippen LogP contribution in [0.4, 0.5) is 5.69 Å². The maximum Gasteiger partial charge on any atom is 0.244 e. The third-order valence-electron chi connectivity index (χ3n) is 2.75. The predicted octanol–water partition coefficient (Wildman–Crippen LogP) is 2.49. The molecule has 0 aliphatic carbocycles. The number of methoxy groups -OCH3 is 1. The molecule has 20 heavy (non-hydrogen) atoms. The first-order valence-electron chi connectivity index (χ1n) is 5.91. The molecule has 1 aromatic heterocycles. The number of aromatic nitrogens is 1. The van der Waals surface area contributed by atoms with Gasteiger partial charge in [0, 0.05) is 22.4 Å². The molecule has 1 unspecified atom stereocenters. The highest BCUT2D eigenvalue weighted by Gasteiger charge is 2.19. The molecule has 0 fully saturated rings. The second-order valence-corrected chi connectivity index (χ2v) is 5.03. The lowest BCUT2D eigenvalue weighted by Gasteiger charge is -2.18. The number of hydrogen-bond acceptors (Lipinski definition) is 4. The zero-order chi connectivity index (χ0) is 14.5. The Kier molecular flexibility index (Phi) is 4.57.